The van der Waals surface area contributed by atoms with E-state index >= 15 is 0 Å². The first kappa shape index (κ1) is 14.6. The van der Waals surface area contributed by atoms with Gasteiger partial charge in [0.25, 0.3) is 0 Å². The van der Waals surface area contributed by atoms with Gasteiger partial charge in [-0.2, -0.15) is 0 Å². The zero-order valence-corrected chi connectivity index (χ0v) is 28.9. The third kappa shape index (κ3) is 5.12. The van der Waals surface area contributed by atoms with E-state index in [0.717, 1.165) is 0 Å². The quantitative estimate of drug-likeness (QED) is 0.174. The molecule has 266 valence electrons. The van der Waals surface area contributed by atoms with Gasteiger partial charge in [0, 0.05) is 64.0 Å². The molecule has 0 atom stereocenters. The number of benzene rings is 8. The van der Waals surface area contributed by atoms with Crippen molar-refractivity contribution in [3.63, 3.8) is 0 Å². The van der Waals surface area contributed by atoms with E-state index in [1.54, 1.807) is 0 Å². The lowest BCUT2D eigenvalue weighted by Gasteiger charge is -2.10. The standard InChI is InChI=1S/C51H29N3O2S/c1-3-13-30(14-4-1)49-52-50(31-15-5-2-6-16-31)54-51(53-49)38-21-11-20-36-39-27-32(25-26-45(39)57-48(36)38)33-28-40-34-17-7-9-22-42(34)56-47(40)41(29-33)35-19-12-24-44-46(35)37-18-8-10-23-43(37)55-44/h1-29H/i1D,2D,3D,4D,5D,6D,7D,8D,9D,10D,11D,12D,13D,14D,15D,16D,17D,18D,19D,20D,21D,22D,23D,24D,25D,26D,27D,28D,29D. The third-order valence-corrected chi connectivity index (χ3v) is 10.00. The lowest BCUT2D eigenvalue weighted by Crippen LogP contribution is -2.00. The minimum Gasteiger partial charge on any atom is -0.456 e. The molecule has 0 bridgehead atoms. The fourth-order valence-electron chi connectivity index (χ4n) is 6.44. The highest BCUT2D eigenvalue weighted by Crippen LogP contribution is 2.46. The molecule has 0 aliphatic carbocycles. The maximum atomic E-state index is 10.1. The molecule has 4 aromatic heterocycles. The smallest absolute Gasteiger partial charge is 0.165 e. The molecule has 4 heterocycles. The van der Waals surface area contributed by atoms with Crippen molar-refractivity contribution in [2.24, 2.45) is 0 Å². The Labute approximate surface area is 370 Å². The number of furan rings is 2. The summed E-state index contributed by atoms with van der Waals surface area (Å²) in [5.41, 5.74) is -7.14. The van der Waals surface area contributed by atoms with Crippen LogP contribution in [0.5, 0.6) is 0 Å². The number of hydrogen-bond acceptors (Lipinski definition) is 6. The van der Waals surface area contributed by atoms with E-state index in [1.165, 1.54) is 0 Å². The van der Waals surface area contributed by atoms with E-state index in [0.29, 0.717) is 11.3 Å². The minimum atomic E-state index is -0.967. The van der Waals surface area contributed by atoms with Crippen LogP contribution in [0.4, 0.5) is 0 Å². The molecule has 0 amide bonds. The van der Waals surface area contributed by atoms with Crippen LogP contribution in [-0.4, -0.2) is 15.0 Å². The van der Waals surface area contributed by atoms with Crippen LogP contribution in [0.15, 0.2) is 184 Å². The second-order valence-corrected chi connectivity index (χ2v) is 13.1. The fraction of sp³-hybridized carbons (Fsp3) is 0. The summed E-state index contributed by atoms with van der Waals surface area (Å²) < 4.78 is 271. The number of fused-ring (bicyclic) bond motifs is 9. The van der Waals surface area contributed by atoms with Crippen LogP contribution >= 0.6 is 11.3 Å². The first-order chi connectivity index (χ1) is 40.3. The van der Waals surface area contributed by atoms with Gasteiger partial charge < -0.3 is 8.83 Å². The van der Waals surface area contributed by atoms with E-state index < -0.39 is 286 Å². The molecular formula is C51H29N3O2S. The van der Waals surface area contributed by atoms with E-state index in [2.05, 4.69) is 15.0 Å². The first-order valence-electron chi connectivity index (χ1n) is 31.1. The highest BCUT2D eigenvalue weighted by Gasteiger charge is 2.21. The Hall–Kier alpha value is -7.41. The van der Waals surface area contributed by atoms with Gasteiger partial charge >= 0.3 is 0 Å². The Bertz CT molecular complexity index is 5100. The van der Waals surface area contributed by atoms with Gasteiger partial charge in [-0.05, 0) is 65.0 Å². The van der Waals surface area contributed by atoms with Gasteiger partial charge in [0.2, 0.25) is 0 Å². The molecule has 57 heavy (non-hydrogen) atoms. The average molecular weight is 777 g/mol. The topological polar surface area (TPSA) is 65.0 Å². The maximum Gasteiger partial charge on any atom is 0.165 e. The van der Waals surface area contributed by atoms with Crippen LogP contribution < -0.4 is 0 Å². The zero-order valence-electron chi connectivity index (χ0n) is 57.1. The molecule has 0 unspecified atom stereocenters. The number of hydrogen-bond donors (Lipinski definition) is 0. The van der Waals surface area contributed by atoms with Crippen molar-refractivity contribution in [3.8, 4) is 56.4 Å². The van der Waals surface area contributed by atoms with E-state index in [4.69, 9.17) is 36.2 Å². The van der Waals surface area contributed by atoms with Gasteiger partial charge in [0.05, 0.1) is 39.8 Å². The predicted molar refractivity (Wildman–Crippen MR) is 234 cm³/mol. The second kappa shape index (κ2) is 12.6. The van der Waals surface area contributed by atoms with Crippen LogP contribution in [0, 0.1) is 0 Å². The molecule has 0 saturated heterocycles. The van der Waals surface area contributed by atoms with Gasteiger partial charge in [0.1, 0.15) is 22.3 Å². The molecule has 0 saturated carbocycles. The number of nitrogens with zero attached hydrogens (tertiary/aromatic N) is 3. The van der Waals surface area contributed by atoms with Crippen molar-refractivity contribution in [3.05, 3.63) is 175 Å². The number of thiophene rings is 1. The van der Waals surface area contributed by atoms with E-state index in [-0.39, 0.29) is 9.40 Å². The van der Waals surface area contributed by atoms with Crippen molar-refractivity contribution < 1.29 is 48.6 Å². The van der Waals surface area contributed by atoms with Crippen molar-refractivity contribution in [1.29, 1.82) is 0 Å². The van der Waals surface area contributed by atoms with Crippen LogP contribution in [0.3, 0.4) is 0 Å². The lowest BCUT2D eigenvalue weighted by atomic mass is 9.93. The van der Waals surface area contributed by atoms with Gasteiger partial charge in [-0.3, -0.25) is 0 Å². The molecule has 12 rings (SSSR count). The third-order valence-electron chi connectivity index (χ3n) is 8.88. The summed E-state index contributed by atoms with van der Waals surface area (Å²) in [6.45, 7) is 0. The minimum absolute atomic E-state index is 0.295. The molecule has 0 fully saturated rings. The summed E-state index contributed by atoms with van der Waals surface area (Å²) in [4.78, 5) is 13.1. The molecule has 0 aliphatic rings. The van der Waals surface area contributed by atoms with Crippen LogP contribution in [-0.2, 0) is 0 Å². The summed E-state index contributed by atoms with van der Waals surface area (Å²) in [5.74, 6) is -2.25. The van der Waals surface area contributed by atoms with Crippen LogP contribution in [0.2, 0.25) is 0 Å². The molecule has 5 nitrogen and oxygen atoms in total. The predicted octanol–water partition coefficient (Wildman–Crippen LogP) is 14.4. The van der Waals surface area contributed by atoms with Crippen LogP contribution in [0.1, 0.15) is 39.8 Å². The summed E-state index contributed by atoms with van der Waals surface area (Å²) in [5, 5.41) is -2.84. The van der Waals surface area contributed by atoms with E-state index in [1.807, 2.05) is 0 Å². The molecule has 0 N–H and O–H groups in total. The summed E-state index contributed by atoms with van der Waals surface area (Å²) in [6.07, 6.45) is 0. The monoisotopic (exact) mass is 776 g/mol. The Morgan fingerprint density at radius 3 is 1.75 bits per heavy atom. The molecule has 6 heteroatoms. The van der Waals surface area contributed by atoms with Gasteiger partial charge in [0.15, 0.2) is 17.5 Å². The van der Waals surface area contributed by atoms with Crippen LogP contribution in [0.25, 0.3) is 120 Å². The molecule has 12 aromatic rings. The highest BCUT2D eigenvalue weighted by atomic mass is 32.1. The SMILES string of the molecule is [2H]c1c([2H])c([2H])c(-c2nc(-c3c([2H])c([2H])c([2H])c([2H])c3[2H])nc(-c3c([2H])c([2H])c([2H])c4c3sc3c([2H])c([2H])c(-c5c([2H])c(-c6c([2H])c([2H])c([2H])c7oc8c([2H])c([2H])c([2H])c([2H])c8c67)c6oc7c([2H])c([2H])c([2H])c([2H])c7c6c5[2H])c([2H])c34)n2)c([2H])c1[2H]. The number of para-hydroxylation sites is 2. The molecule has 0 aliphatic heterocycles. The largest absolute Gasteiger partial charge is 0.456 e. The first-order valence-corrected chi connectivity index (χ1v) is 17.4. The normalized spacial score (nSPS) is 19.0. The van der Waals surface area contributed by atoms with Gasteiger partial charge in [-0.1, -0.05) is 127 Å². The molecule has 0 radical (unpaired) electrons. The molecule has 0 spiro atoms. The van der Waals surface area contributed by atoms with Gasteiger partial charge in [-0.15, -0.1) is 11.3 Å². The Morgan fingerprint density at radius 1 is 0.386 bits per heavy atom. The lowest BCUT2D eigenvalue weighted by molar-refractivity contribution is 0.668. The highest BCUT2D eigenvalue weighted by molar-refractivity contribution is 7.26. The molecule has 8 aromatic carbocycles. The van der Waals surface area contributed by atoms with Crippen molar-refractivity contribution >= 4 is 75.4 Å². The van der Waals surface area contributed by atoms with Gasteiger partial charge in [-0.25, -0.2) is 15.0 Å². The summed E-state index contributed by atoms with van der Waals surface area (Å²) in [6, 6.07) is -24.5. The second-order valence-electron chi connectivity index (χ2n) is 12.1. The van der Waals surface area contributed by atoms with Crippen molar-refractivity contribution in [2.75, 3.05) is 0 Å². The summed E-state index contributed by atoms with van der Waals surface area (Å²) >= 11 is 0.545. The Morgan fingerprint density at radius 2 is 0.982 bits per heavy atom. The number of aromatic nitrogens is 3. The Balaban J connectivity index is 1.25. The van der Waals surface area contributed by atoms with Crippen molar-refractivity contribution in [2.45, 2.75) is 0 Å². The maximum absolute atomic E-state index is 10.1. The zero-order chi connectivity index (χ0) is 62.7. The number of rotatable bonds is 5. The average Bonchev–Trinajstić information content (AvgIpc) is 1.77. The molecular weight excluding hydrogens is 719 g/mol. The van der Waals surface area contributed by atoms with E-state index in [9.17, 15) is 12.3 Å². The summed E-state index contributed by atoms with van der Waals surface area (Å²) in [7, 11) is 0. The van der Waals surface area contributed by atoms with Crippen molar-refractivity contribution in [1.82, 2.24) is 15.0 Å². The fourth-order valence-corrected chi connectivity index (χ4v) is 7.50. The Kier molecular flexibility index (Phi) is 3.22.